The van der Waals surface area contributed by atoms with Crippen molar-refractivity contribution in [3.63, 3.8) is 0 Å². The summed E-state index contributed by atoms with van der Waals surface area (Å²) in [4.78, 5) is 9.15. The van der Waals surface area contributed by atoms with Crippen molar-refractivity contribution in [2.24, 2.45) is 0 Å². The third-order valence-corrected chi connectivity index (χ3v) is 4.76. The summed E-state index contributed by atoms with van der Waals surface area (Å²) in [6.07, 6.45) is -7.08. The van der Waals surface area contributed by atoms with Crippen LogP contribution in [0.1, 0.15) is 24.0 Å². The second kappa shape index (κ2) is 6.54. The molecule has 0 radical (unpaired) electrons. The molecule has 4 nitrogen and oxygen atoms in total. The zero-order valence-corrected chi connectivity index (χ0v) is 14.2. The van der Waals surface area contributed by atoms with Crippen molar-refractivity contribution < 1.29 is 35.9 Å². The van der Waals surface area contributed by atoms with Crippen LogP contribution in [0, 0.1) is 0 Å². The van der Waals surface area contributed by atoms with Gasteiger partial charge in [-0.1, -0.05) is 0 Å². The number of hydrogen-bond donors (Lipinski definition) is 0. The third kappa shape index (κ3) is 3.87. The van der Waals surface area contributed by atoms with Gasteiger partial charge in [-0.2, -0.15) is 26.3 Å². The highest BCUT2D eigenvalue weighted by Crippen LogP contribution is 2.44. The number of halogens is 6. The summed E-state index contributed by atoms with van der Waals surface area (Å²) < 4.78 is 81.0. The molecule has 150 valence electrons. The molecule has 1 aromatic heterocycles. The lowest BCUT2D eigenvalue weighted by atomic mass is 10.2. The van der Waals surface area contributed by atoms with E-state index in [2.05, 4.69) is 4.98 Å². The fourth-order valence-corrected chi connectivity index (χ4v) is 3.32. The monoisotopic (exact) mass is 404 g/mol. The van der Waals surface area contributed by atoms with E-state index in [4.69, 9.17) is 9.57 Å². The quantitative estimate of drug-likeness (QED) is 0.546. The average Bonchev–Trinajstić information content (AvgIpc) is 3.06. The first-order valence-electron chi connectivity index (χ1n) is 8.45. The van der Waals surface area contributed by atoms with E-state index in [1.807, 2.05) is 0 Å². The number of ether oxygens (including phenoxy) is 1. The van der Waals surface area contributed by atoms with Gasteiger partial charge in [0.25, 0.3) is 0 Å². The summed E-state index contributed by atoms with van der Waals surface area (Å²) >= 11 is 0. The van der Waals surface area contributed by atoms with Crippen molar-refractivity contribution >= 4 is 0 Å². The van der Waals surface area contributed by atoms with Crippen LogP contribution >= 0.6 is 0 Å². The minimum Gasteiger partial charge on any atom is -0.490 e. The van der Waals surface area contributed by atoms with Crippen LogP contribution < -0.4 is 9.57 Å². The zero-order valence-electron chi connectivity index (χ0n) is 14.2. The highest BCUT2D eigenvalue weighted by atomic mass is 19.4. The highest BCUT2D eigenvalue weighted by Gasteiger charge is 2.58. The largest absolute Gasteiger partial charge is 0.490 e. The van der Waals surface area contributed by atoms with Crippen molar-refractivity contribution in [3.05, 3.63) is 53.7 Å². The lowest BCUT2D eigenvalue weighted by Crippen LogP contribution is -2.23. The number of hydroxylamine groups is 2. The first kappa shape index (κ1) is 18.9. The van der Waals surface area contributed by atoms with Gasteiger partial charge in [-0.15, -0.1) is 5.06 Å². The van der Waals surface area contributed by atoms with Crippen LogP contribution in [-0.2, 0) is 12.4 Å². The fourth-order valence-electron chi connectivity index (χ4n) is 3.32. The van der Waals surface area contributed by atoms with Crippen molar-refractivity contribution in [2.45, 2.75) is 43.4 Å². The molecule has 2 atom stereocenters. The van der Waals surface area contributed by atoms with E-state index in [-0.39, 0.29) is 24.1 Å². The van der Waals surface area contributed by atoms with E-state index >= 15 is 0 Å². The molecule has 28 heavy (non-hydrogen) atoms. The van der Waals surface area contributed by atoms with Gasteiger partial charge < -0.3 is 9.57 Å². The maximum absolute atomic E-state index is 12.6. The van der Waals surface area contributed by atoms with Crippen LogP contribution in [0.25, 0.3) is 0 Å². The van der Waals surface area contributed by atoms with E-state index in [0.717, 1.165) is 24.3 Å². The van der Waals surface area contributed by atoms with Crippen LogP contribution in [0.2, 0.25) is 0 Å². The van der Waals surface area contributed by atoms with Crippen LogP contribution in [0.5, 0.6) is 11.6 Å². The number of hydrogen-bond acceptors (Lipinski definition) is 4. The number of benzene rings is 1. The molecule has 1 aromatic carbocycles. The Morgan fingerprint density at radius 2 is 1.39 bits per heavy atom. The van der Waals surface area contributed by atoms with Gasteiger partial charge in [-0.25, -0.2) is 4.98 Å². The maximum atomic E-state index is 12.6. The predicted octanol–water partition coefficient (Wildman–Crippen LogP) is 4.71. The molecular weight excluding hydrogens is 390 g/mol. The summed E-state index contributed by atoms with van der Waals surface area (Å²) in [5.74, 6) is 0.429. The van der Waals surface area contributed by atoms with Gasteiger partial charge in [-0.3, -0.25) is 0 Å². The van der Waals surface area contributed by atoms with Crippen molar-refractivity contribution in [3.8, 4) is 11.6 Å². The number of piperidine rings is 1. The van der Waals surface area contributed by atoms with Gasteiger partial charge in [-0.05, 0) is 30.3 Å². The Kier molecular flexibility index (Phi) is 4.40. The Morgan fingerprint density at radius 1 is 0.821 bits per heavy atom. The minimum absolute atomic E-state index is 0.0449. The first-order valence-corrected chi connectivity index (χ1v) is 8.45. The molecular formula is C18H14F6N2O2. The number of fused-ring (bicyclic) bond motifs is 1. The first-order chi connectivity index (χ1) is 13.1. The molecule has 1 aliphatic carbocycles. The normalized spacial score (nSPS) is 26.6. The summed E-state index contributed by atoms with van der Waals surface area (Å²) in [5, 5.41) is 1.64. The van der Waals surface area contributed by atoms with E-state index in [9.17, 15) is 26.3 Å². The molecule has 10 heteroatoms. The number of rotatable bonds is 4. The Balaban J connectivity index is 1.27. The summed E-state index contributed by atoms with van der Waals surface area (Å²) in [5.41, 5.74) is -1.59. The molecule has 2 unspecified atom stereocenters. The van der Waals surface area contributed by atoms with Gasteiger partial charge in [0.05, 0.1) is 23.2 Å². The van der Waals surface area contributed by atoms with Gasteiger partial charge in [0.1, 0.15) is 11.9 Å². The fraction of sp³-hybridized carbons (Fsp3) is 0.389. The summed E-state index contributed by atoms with van der Waals surface area (Å²) in [6, 6.07) is 6.66. The Labute approximate surface area is 155 Å². The molecule has 2 aromatic rings. The van der Waals surface area contributed by atoms with Gasteiger partial charge in [0.2, 0.25) is 5.88 Å². The van der Waals surface area contributed by atoms with Crippen molar-refractivity contribution in [2.75, 3.05) is 0 Å². The maximum Gasteiger partial charge on any atom is 0.417 e. The van der Waals surface area contributed by atoms with E-state index in [1.165, 1.54) is 12.1 Å². The Hall–Kier alpha value is -2.49. The predicted molar refractivity (Wildman–Crippen MR) is 84.4 cm³/mol. The Bertz CT molecular complexity index is 766. The third-order valence-electron chi connectivity index (χ3n) is 4.76. The molecule has 2 fully saturated rings. The topological polar surface area (TPSA) is 34.4 Å². The summed E-state index contributed by atoms with van der Waals surface area (Å²) in [7, 11) is 0. The number of aromatic nitrogens is 1. The van der Waals surface area contributed by atoms with Crippen molar-refractivity contribution in [1.29, 1.82) is 0 Å². The van der Waals surface area contributed by atoms with Crippen LogP contribution in [-0.4, -0.2) is 28.2 Å². The molecule has 1 aliphatic heterocycles. The minimum atomic E-state index is -4.45. The van der Waals surface area contributed by atoms with E-state index < -0.39 is 23.5 Å². The SMILES string of the molecule is FC(F)(F)c1ccc(OC2CC3C(C2)N3Oc2ccc(C(F)(F)F)cn2)cc1. The molecule has 2 aliphatic rings. The molecule has 1 saturated carbocycles. The summed E-state index contributed by atoms with van der Waals surface area (Å²) in [6.45, 7) is 0. The number of nitrogens with zero attached hydrogens (tertiary/aromatic N) is 2. The van der Waals surface area contributed by atoms with Gasteiger partial charge in [0.15, 0.2) is 0 Å². The highest BCUT2D eigenvalue weighted by molar-refractivity contribution is 5.29. The second-order valence-electron chi connectivity index (χ2n) is 6.70. The van der Waals surface area contributed by atoms with E-state index in [0.29, 0.717) is 24.8 Å². The molecule has 4 rings (SSSR count). The van der Waals surface area contributed by atoms with Crippen LogP contribution in [0.4, 0.5) is 26.3 Å². The van der Waals surface area contributed by atoms with Crippen molar-refractivity contribution in [1.82, 2.24) is 10.0 Å². The van der Waals surface area contributed by atoms with E-state index in [1.54, 1.807) is 5.06 Å². The average molecular weight is 404 g/mol. The molecule has 0 N–H and O–H groups in total. The molecule has 0 bridgehead atoms. The Morgan fingerprint density at radius 3 is 1.89 bits per heavy atom. The van der Waals surface area contributed by atoms with Crippen LogP contribution in [0.15, 0.2) is 42.6 Å². The number of alkyl halides is 6. The molecule has 1 saturated heterocycles. The molecule has 0 spiro atoms. The standard InChI is InChI=1S/C18H14F6N2O2/c19-17(20,21)10-1-4-12(5-2-10)27-13-7-14-15(8-13)26(14)28-16-6-3-11(9-25-16)18(22,23)24/h1-6,9,13-15H,7-8H2. The zero-order chi connectivity index (χ0) is 20.1. The van der Waals surface area contributed by atoms with Gasteiger partial charge >= 0.3 is 12.4 Å². The molecule has 0 amide bonds. The second-order valence-corrected chi connectivity index (χ2v) is 6.70. The molecule has 2 heterocycles. The lowest BCUT2D eigenvalue weighted by molar-refractivity contribution is -0.138. The number of pyridine rings is 1. The smallest absolute Gasteiger partial charge is 0.417 e. The van der Waals surface area contributed by atoms with Gasteiger partial charge in [0, 0.05) is 25.1 Å². The van der Waals surface area contributed by atoms with Crippen LogP contribution in [0.3, 0.4) is 0 Å². The lowest BCUT2D eigenvalue weighted by Gasteiger charge is -2.18.